The average molecular weight is 581 g/mol. The van der Waals surface area contributed by atoms with Crippen LogP contribution in [0.2, 0.25) is 0 Å². The van der Waals surface area contributed by atoms with E-state index in [1.165, 1.54) is 14.2 Å². The van der Waals surface area contributed by atoms with Crippen LogP contribution in [0.15, 0.2) is 0 Å². The predicted octanol–water partition coefficient (Wildman–Crippen LogP) is 2.20. The van der Waals surface area contributed by atoms with Gasteiger partial charge < -0.3 is 24.6 Å². The number of aromatic nitrogens is 2. The number of nitrogens with zero attached hydrogens (tertiary/aromatic N) is 4. The molecular weight excluding hydrogens is 536 g/mol. The van der Waals surface area contributed by atoms with Crippen molar-refractivity contribution in [3.05, 3.63) is 5.82 Å². The van der Waals surface area contributed by atoms with Gasteiger partial charge in [0.1, 0.15) is 18.1 Å². The molecule has 3 heterocycles. The van der Waals surface area contributed by atoms with E-state index in [9.17, 15) is 19.2 Å². The monoisotopic (exact) mass is 580 g/mol. The molecule has 2 amide bonds. The Labute approximate surface area is 240 Å². The molecule has 2 aliphatic rings. The number of rotatable bonds is 13. The number of hydrogen-bond acceptors (Lipinski definition) is 11. The third-order valence-corrected chi connectivity index (χ3v) is 7.99. The molecule has 40 heavy (non-hydrogen) atoms. The van der Waals surface area contributed by atoms with Crippen LogP contribution >= 0.6 is 11.5 Å². The third-order valence-electron chi connectivity index (χ3n) is 7.30. The second kappa shape index (κ2) is 14.7. The van der Waals surface area contributed by atoms with Crippen LogP contribution in [0.25, 0.3) is 0 Å². The van der Waals surface area contributed by atoms with Gasteiger partial charge >= 0.3 is 11.9 Å². The summed E-state index contributed by atoms with van der Waals surface area (Å²) in [6.07, 6.45) is 3.87. The van der Waals surface area contributed by atoms with Gasteiger partial charge in [-0.3, -0.25) is 14.9 Å². The lowest BCUT2D eigenvalue weighted by atomic mass is 10.0. The molecule has 4 atom stereocenters. The van der Waals surface area contributed by atoms with Gasteiger partial charge in [0.25, 0.3) is 0 Å². The normalized spacial score (nSPS) is 20.6. The summed E-state index contributed by atoms with van der Waals surface area (Å²) < 4.78 is 14.2. The number of esters is 2. The van der Waals surface area contributed by atoms with Gasteiger partial charge in [-0.25, -0.2) is 14.6 Å². The third kappa shape index (κ3) is 8.12. The van der Waals surface area contributed by atoms with E-state index < -0.39 is 30.1 Å². The van der Waals surface area contributed by atoms with Crippen LogP contribution in [0.1, 0.15) is 72.0 Å². The first-order valence-electron chi connectivity index (χ1n) is 14.1. The zero-order valence-electron chi connectivity index (χ0n) is 24.5. The minimum Gasteiger partial charge on any atom is -0.467 e. The molecular formula is C27H44N6O6S. The van der Waals surface area contributed by atoms with Crippen LogP contribution in [-0.4, -0.2) is 94.4 Å². The van der Waals surface area contributed by atoms with E-state index in [0.717, 1.165) is 24.4 Å². The fourth-order valence-corrected chi connectivity index (χ4v) is 6.05. The lowest BCUT2D eigenvalue weighted by Crippen LogP contribution is -2.50. The van der Waals surface area contributed by atoms with Gasteiger partial charge in [0.15, 0.2) is 5.82 Å². The Balaban J connectivity index is 1.66. The van der Waals surface area contributed by atoms with E-state index in [4.69, 9.17) is 9.47 Å². The number of amides is 2. The summed E-state index contributed by atoms with van der Waals surface area (Å²) in [5.41, 5.74) is 0. The molecule has 13 heteroatoms. The Bertz CT molecular complexity index is 1030. The maximum atomic E-state index is 13.5. The van der Waals surface area contributed by atoms with Crippen LogP contribution in [0.5, 0.6) is 0 Å². The molecule has 3 rings (SSSR count). The average Bonchev–Trinajstić information content (AvgIpc) is 3.69. The molecule has 0 saturated carbocycles. The summed E-state index contributed by atoms with van der Waals surface area (Å²) in [5, 5.41) is 7.04. The number of ether oxygens (including phenoxy) is 2. The Hall–Kier alpha value is -2.80. The number of methoxy groups -OCH3 is 2. The second-order valence-electron chi connectivity index (χ2n) is 11.3. The molecule has 0 aromatic carbocycles. The summed E-state index contributed by atoms with van der Waals surface area (Å²) in [6.45, 7) is 9.47. The van der Waals surface area contributed by atoms with E-state index in [1.807, 2.05) is 27.7 Å². The smallest absolute Gasteiger partial charge is 0.328 e. The van der Waals surface area contributed by atoms with Gasteiger partial charge in [-0.1, -0.05) is 27.7 Å². The Morgan fingerprint density at radius 3 is 1.88 bits per heavy atom. The van der Waals surface area contributed by atoms with Gasteiger partial charge in [0.2, 0.25) is 16.9 Å². The Morgan fingerprint density at radius 1 is 0.875 bits per heavy atom. The standard InChI is InChI=1S/C27H44N6O6S/c1-16(2)13-18(23(34)32-11-7-9-20(32)25(36)38-5)28-15-22-30-27(40-31-22)29-19(14-17(3)4)24(35)33-12-8-10-21(33)26(37)39-6/h16-21,28H,7-15H2,1-6H3,(H,29,30,31)/t18-,19-,20-,21-/m0/s1. The molecule has 2 saturated heterocycles. The number of likely N-dealkylation sites (tertiary alicyclic amines) is 2. The van der Waals surface area contributed by atoms with Crippen molar-refractivity contribution in [1.29, 1.82) is 0 Å². The van der Waals surface area contributed by atoms with Gasteiger partial charge in [0, 0.05) is 24.6 Å². The van der Waals surface area contributed by atoms with E-state index in [0.29, 0.717) is 49.7 Å². The molecule has 0 unspecified atom stereocenters. The number of hydrogen-bond donors (Lipinski definition) is 2. The van der Waals surface area contributed by atoms with E-state index >= 15 is 0 Å². The molecule has 1 aromatic heterocycles. The van der Waals surface area contributed by atoms with Crippen molar-refractivity contribution >= 4 is 40.4 Å². The van der Waals surface area contributed by atoms with Gasteiger partial charge in [-0.2, -0.15) is 4.37 Å². The SMILES string of the molecule is COC(=O)[C@@H]1CCCN1C(=O)[C@H](CC(C)C)NCc1nsc(N[C@@H](CC(C)C)C(=O)N2CCC[C@H]2C(=O)OC)n1. The lowest BCUT2D eigenvalue weighted by molar-refractivity contribution is -0.151. The lowest BCUT2D eigenvalue weighted by Gasteiger charge is -2.28. The predicted molar refractivity (Wildman–Crippen MR) is 150 cm³/mol. The number of anilines is 1. The highest BCUT2D eigenvalue weighted by atomic mass is 32.1. The highest BCUT2D eigenvalue weighted by Crippen LogP contribution is 2.24. The van der Waals surface area contributed by atoms with Crippen LogP contribution in [0.3, 0.4) is 0 Å². The molecule has 0 aliphatic carbocycles. The van der Waals surface area contributed by atoms with Crippen LogP contribution in [0, 0.1) is 11.8 Å². The highest BCUT2D eigenvalue weighted by Gasteiger charge is 2.39. The first-order valence-corrected chi connectivity index (χ1v) is 14.9. The molecule has 12 nitrogen and oxygen atoms in total. The van der Waals surface area contributed by atoms with Gasteiger partial charge in [-0.15, -0.1) is 0 Å². The summed E-state index contributed by atoms with van der Waals surface area (Å²) in [6, 6.07) is -2.16. The largest absolute Gasteiger partial charge is 0.467 e. The van der Waals surface area contributed by atoms with Crippen molar-refractivity contribution in [2.24, 2.45) is 11.8 Å². The molecule has 2 fully saturated rings. The Kier molecular flexibility index (Phi) is 11.7. The summed E-state index contributed by atoms with van der Waals surface area (Å²) in [7, 11) is 2.68. The van der Waals surface area contributed by atoms with Crippen molar-refractivity contribution in [3.8, 4) is 0 Å². The quantitative estimate of drug-likeness (QED) is 0.333. The molecule has 2 aliphatic heterocycles. The zero-order chi connectivity index (χ0) is 29.4. The maximum absolute atomic E-state index is 13.5. The molecule has 1 aromatic rings. The molecule has 0 radical (unpaired) electrons. The van der Waals surface area contributed by atoms with Crippen molar-refractivity contribution in [1.82, 2.24) is 24.5 Å². The molecule has 0 bridgehead atoms. The molecule has 224 valence electrons. The fraction of sp³-hybridized carbons (Fsp3) is 0.778. The number of carbonyl (C=O) groups excluding carboxylic acids is 4. The number of nitrogens with one attached hydrogen (secondary N) is 2. The van der Waals surface area contributed by atoms with Crippen molar-refractivity contribution in [2.45, 2.75) is 96.9 Å². The summed E-state index contributed by atoms with van der Waals surface area (Å²) >= 11 is 1.15. The zero-order valence-corrected chi connectivity index (χ0v) is 25.3. The minimum atomic E-state index is -0.562. The topological polar surface area (TPSA) is 143 Å². The van der Waals surface area contributed by atoms with E-state index in [1.54, 1.807) is 9.80 Å². The minimum absolute atomic E-state index is 0.122. The van der Waals surface area contributed by atoms with Gasteiger partial charge in [0.05, 0.1) is 26.8 Å². The number of carbonyl (C=O) groups is 4. The first-order chi connectivity index (χ1) is 19.0. The van der Waals surface area contributed by atoms with E-state index in [-0.39, 0.29) is 36.2 Å². The highest BCUT2D eigenvalue weighted by molar-refractivity contribution is 7.09. The van der Waals surface area contributed by atoms with Crippen LogP contribution < -0.4 is 10.6 Å². The first kappa shape index (κ1) is 31.7. The Morgan fingerprint density at radius 2 is 1.38 bits per heavy atom. The summed E-state index contributed by atoms with van der Waals surface area (Å²) in [4.78, 5) is 59.1. The fourth-order valence-electron chi connectivity index (χ4n) is 5.41. The molecule has 0 spiro atoms. The maximum Gasteiger partial charge on any atom is 0.328 e. The van der Waals surface area contributed by atoms with Crippen LogP contribution in [0.4, 0.5) is 5.13 Å². The summed E-state index contributed by atoms with van der Waals surface area (Å²) in [5.74, 6) is -0.0581. The van der Waals surface area contributed by atoms with Crippen molar-refractivity contribution in [3.63, 3.8) is 0 Å². The van der Waals surface area contributed by atoms with Crippen molar-refractivity contribution in [2.75, 3.05) is 32.6 Å². The van der Waals surface area contributed by atoms with Crippen LogP contribution in [-0.2, 0) is 35.2 Å². The van der Waals surface area contributed by atoms with Crippen molar-refractivity contribution < 1.29 is 28.7 Å². The van der Waals surface area contributed by atoms with E-state index in [2.05, 4.69) is 20.0 Å². The van der Waals surface area contributed by atoms with Gasteiger partial charge in [-0.05, 0) is 50.4 Å². The molecule has 2 N–H and O–H groups in total. The second-order valence-corrected chi connectivity index (χ2v) is 12.1.